The molecule has 1 aromatic carbocycles. The first-order chi connectivity index (χ1) is 10.4. The Balaban J connectivity index is 3.31. The van der Waals surface area contributed by atoms with Crippen LogP contribution in [-0.2, 0) is 21.0 Å². The molecule has 0 atom stereocenters. The summed E-state index contributed by atoms with van der Waals surface area (Å²) in [5, 5.41) is 0. The molecule has 0 aliphatic rings. The Hall–Kier alpha value is -1.56. The van der Waals surface area contributed by atoms with Gasteiger partial charge in [0.2, 0.25) is 0 Å². The van der Waals surface area contributed by atoms with Crippen molar-refractivity contribution < 1.29 is 22.7 Å². The number of ether oxygens (including phenoxy) is 2. The monoisotopic (exact) mass is 328 g/mol. The van der Waals surface area contributed by atoms with Crippen LogP contribution >= 0.6 is 0 Å². The summed E-state index contributed by atoms with van der Waals surface area (Å²) in [7, 11) is -0.907. The number of aryl methyl sites for hydroxylation is 1. The average molecular weight is 328 g/mol. The van der Waals surface area contributed by atoms with E-state index in [4.69, 9.17) is 4.74 Å². The molecule has 124 valence electrons. The Morgan fingerprint density at radius 3 is 2.32 bits per heavy atom. The highest BCUT2D eigenvalue weighted by atomic mass is 32.2. The van der Waals surface area contributed by atoms with E-state index in [-0.39, 0.29) is 16.2 Å². The lowest BCUT2D eigenvalue weighted by atomic mass is 10.0. The zero-order valence-electron chi connectivity index (χ0n) is 13.6. The molecule has 0 aromatic heterocycles. The minimum absolute atomic E-state index is 0.0716. The summed E-state index contributed by atoms with van der Waals surface area (Å²) in [6, 6.07) is 3.24. The molecule has 0 aliphatic heterocycles. The van der Waals surface area contributed by atoms with Gasteiger partial charge < -0.3 is 9.47 Å². The van der Waals surface area contributed by atoms with E-state index in [2.05, 4.69) is 11.7 Å². The average Bonchev–Trinajstić information content (AvgIpc) is 2.48. The van der Waals surface area contributed by atoms with Gasteiger partial charge in [0.05, 0.1) is 14.2 Å². The van der Waals surface area contributed by atoms with Crippen molar-refractivity contribution in [3.05, 3.63) is 23.3 Å². The molecule has 0 fully saturated rings. The quantitative estimate of drug-likeness (QED) is 0.542. The molecule has 0 N–H and O–H groups in total. The van der Waals surface area contributed by atoms with E-state index in [0.29, 0.717) is 12.0 Å². The van der Waals surface area contributed by atoms with Crippen molar-refractivity contribution in [2.75, 3.05) is 20.5 Å². The number of esters is 1. The van der Waals surface area contributed by atoms with Crippen LogP contribution in [0.2, 0.25) is 0 Å². The second-order valence-corrected chi connectivity index (χ2v) is 7.16. The van der Waals surface area contributed by atoms with Gasteiger partial charge in [-0.1, -0.05) is 32.3 Å². The van der Waals surface area contributed by atoms with Gasteiger partial charge in [-0.15, -0.1) is 0 Å². The summed E-state index contributed by atoms with van der Waals surface area (Å²) in [5.41, 5.74) is 0.811. The van der Waals surface area contributed by atoms with E-state index in [1.165, 1.54) is 14.2 Å². The fourth-order valence-electron chi connectivity index (χ4n) is 2.42. The number of carbonyl (C=O) groups excluding carboxylic acids is 1. The molecule has 0 aliphatic carbocycles. The molecule has 0 amide bonds. The molecule has 0 bridgehead atoms. The van der Waals surface area contributed by atoms with Crippen molar-refractivity contribution >= 4 is 15.8 Å². The summed E-state index contributed by atoms with van der Waals surface area (Å²) in [5.74, 6) is -0.540. The first kappa shape index (κ1) is 18.5. The van der Waals surface area contributed by atoms with Gasteiger partial charge in [0.15, 0.2) is 15.6 Å². The first-order valence-corrected chi connectivity index (χ1v) is 9.24. The van der Waals surface area contributed by atoms with Crippen LogP contribution in [0.3, 0.4) is 0 Å². The largest absolute Gasteiger partial charge is 0.494 e. The van der Waals surface area contributed by atoms with Gasteiger partial charge in [0, 0.05) is 6.26 Å². The van der Waals surface area contributed by atoms with Crippen molar-refractivity contribution in [3.63, 3.8) is 0 Å². The Labute approximate surface area is 132 Å². The molecule has 6 heteroatoms. The van der Waals surface area contributed by atoms with E-state index in [1.54, 1.807) is 12.1 Å². The number of sulfone groups is 1. The maximum Gasteiger partial charge on any atom is 0.341 e. The third-order valence-corrected chi connectivity index (χ3v) is 4.66. The van der Waals surface area contributed by atoms with Crippen molar-refractivity contribution in [2.45, 2.75) is 43.9 Å². The maximum absolute atomic E-state index is 12.2. The standard InChI is InChI=1S/C16H24O5S/c1-5-6-7-8-9-12-10-11-13(16(17)21-3)14(20-2)15(12)22(4,18)19/h10-11H,5-9H2,1-4H3. The topological polar surface area (TPSA) is 69.7 Å². The third-order valence-electron chi connectivity index (χ3n) is 3.47. The van der Waals surface area contributed by atoms with Gasteiger partial charge in [-0.05, 0) is 24.5 Å². The molecular weight excluding hydrogens is 304 g/mol. The lowest BCUT2D eigenvalue weighted by molar-refractivity contribution is 0.0596. The molecule has 0 radical (unpaired) electrons. The first-order valence-electron chi connectivity index (χ1n) is 7.35. The molecule has 1 aromatic rings. The summed E-state index contributed by atoms with van der Waals surface area (Å²) < 4.78 is 34.2. The fraction of sp³-hybridized carbons (Fsp3) is 0.562. The van der Waals surface area contributed by atoms with Crippen molar-refractivity contribution in [1.82, 2.24) is 0 Å². The number of methoxy groups -OCH3 is 2. The number of rotatable bonds is 8. The second kappa shape index (κ2) is 8.17. The molecule has 0 spiro atoms. The van der Waals surface area contributed by atoms with Gasteiger partial charge in [-0.3, -0.25) is 0 Å². The highest BCUT2D eigenvalue weighted by Crippen LogP contribution is 2.33. The number of benzene rings is 1. The van der Waals surface area contributed by atoms with Crippen LogP contribution in [0.25, 0.3) is 0 Å². The van der Waals surface area contributed by atoms with Crippen LogP contribution in [-0.4, -0.2) is 34.9 Å². The van der Waals surface area contributed by atoms with Gasteiger partial charge in [-0.2, -0.15) is 0 Å². The van der Waals surface area contributed by atoms with Crippen LogP contribution in [0.5, 0.6) is 5.75 Å². The number of carbonyl (C=O) groups is 1. The number of unbranched alkanes of at least 4 members (excludes halogenated alkanes) is 3. The molecule has 0 saturated carbocycles. The zero-order chi connectivity index (χ0) is 16.8. The highest BCUT2D eigenvalue weighted by Gasteiger charge is 2.25. The molecule has 5 nitrogen and oxygen atoms in total. The maximum atomic E-state index is 12.2. The van der Waals surface area contributed by atoms with Crippen LogP contribution in [0.1, 0.15) is 48.5 Å². The van der Waals surface area contributed by atoms with Crippen LogP contribution in [0.4, 0.5) is 0 Å². The lowest BCUT2D eigenvalue weighted by Crippen LogP contribution is -2.11. The minimum Gasteiger partial charge on any atom is -0.494 e. The predicted octanol–water partition coefficient (Wildman–Crippen LogP) is 3.01. The highest BCUT2D eigenvalue weighted by molar-refractivity contribution is 7.90. The van der Waals surface area contributed by atoms with E-state index >= 15 is 0 Å². The predicted molar refractivity (Wildman–Crippen MR) is 85.3 cm³/mol. The SMILES string of the molecule is CCCCCCc1ccc(C(=O)OC)c(OC)c1S(C)(=O)=O. The Kier molecular flexibility index (Phi) is 6.87. The molecule has 22 heavy (non-hydrogen) atoms. The van der Waals surface area contributed by atoms with Crippen molar-refractivity contribution in [3.8, 4) is 5.75 Å². The third kappa shape index (κ3) is 4.47. The lowest BCUT2D eigenvalue weighted by Gasteiger charge is -2.15. The van der Waals surface area contributed by atoms with E-state index in [0.717, 1.165) is 31.9 Å². The van der Waals surface area contributed by atoms with Crippen molar-refractivity contribution in [1.29, 1.82) is 0 Å². The fourth-order valence-corrected chi connectivity index (χ4v) is 3.60. The van der Waals surface area contributed by atoms with Gasteiger partial charge in [-0.25, -0.2) is 13.2 Å². The van der Waals surface area contributed by atoms with Gasteiger partial charge in [0.25, 0.3) is 0 Å². The Morgan fingerprint density at radius 1 is 1.14 bits per heavy atom. The second-order valence-electron chi connectivity index (χ2n) is 5.21. The summed E-state index contributed by atoms with van der Waals surface area (Å²) >= 11 is 0. The van der Waals surface area contributed by atoms with Crippen molar-refractivity contribution in [2.24, 2.45) is 0 Å². The minimum atomic E-state index is -3.52. The van der Waals surface area contributed by atoms with Crippen LogP contribution in [0, 0.1) is 0 Å². The normalized spacial score (nSPS) is 11.3. The van der Waals surface area contributed by atoms with Crippen LogP contribution in [0.15, 0.2) is 17.0 Å². The molecule has 1 rings (SSSR count). The Morgan fingerprint density at radius 2 is 1.82 bits per heavy atom. The number of hydrogen-bond acceptors (Lipinski definition) is 5. The molecule has 0 saturated heterocycles. The van der Waals surface area contributed by atoms with E-state index in [1.807, 2.05) is 0 Å². The Bertz CT molecular complexity index is 620. The summed E-state index contributed by atoms with van der Waals surface area (Å²) in [6.07, 6.45) is 5.94. The summed E-state index contributed by atoms with van der Waals surface area (Å²) in [6.45, 7) is 2.12. The van der Waals surface area contributed by atoms with E-state index in [9.17, 15) is 13.2 Å². The van der Waals surface area contributed by atoms with Crippen LogP contribution < -0.4 is 4.74 Å². The molecular formula is C16H24O5S. The van der Waals surface area contributed by atoms with Gasteiger partial charge in [0.1, 0.15) is 10.5 Å². The van der Waals surface area contributed by atoms with Gasteiger partial charge >= 0.3 is 5.97 Å². The zero-order valence-corrected chi connectivity index (χ0v) is 14.5. The molecule has 0 heterocycles. The smallest absolute Gasteiger partial charge is 0.341 e. The summed E-state index contributed by atoms with van der Waals surface area (Å²) in [4.78, 5) is 11.9. The van der Waals surface area contributed by atoms with E-state index < -0.39 is 15.8 Å². The molecule has 0 unspecified atom stereocenters. The number of hydrogen-bond donors (Lipinski definition) is 0.